The summed E-state index contributed by atoms with van der Waals surface area (Å²) in [4.78, 5) is 25.2. The van der Waals surface area contributed by atoms with E-state index in [-0.39, 0.29) is 30.0 Å². The molecule has 0 saturated carbocycles. The first kappa shape index (κ1) is 13.5. The van der Waals surface area contributed by atoms with Gasteiger partial charge in [-0.2, -0.15) is 0 Å². The van der Waals surface area contributed by atoms with Crippen molar-refractivity contribution in [3.63, 3.8) is 0 Å². The first-order valence-corrected chi connectivity index (χ1v) is 6.34. The number of rotatable bonds is 3. The van der Waals surface area contributed by atoms with Gasteiger partial charge in [0, 0.05) is 0 Å². The van der Waals surface area contributed by atoms with Crippen LogP contribution in [-0.4, -0.2) is 24.4 Å². The van der Waals surface area contributed by atoms with E-state index in [0.717, 1.165) is 0 Å². The highest BCUT2D eigenvalue weighted by Crippen LogP contribution is 2.22. The average molecular weight is 264 g/mol. The largest absolute Gasteiger partial charge is 0.343 e. The Kier molecular flexibility index (Phi) is 3.83. The van der Waals surface area contributed by atoms with Crippen LogP contribution in [-0.2, 0) is 9.59 Å². The maximum absolute atomic E-state index is 13.7. The molecule has 1 aliphatic heterocycles. The van der Waals surface area contributed by atoms with Gasteiger partial charge in [-0.1, -0.05) is 26.0 Å². The number of nitrogens with zero attached hydrogens (tertiary/aromatic N) is 1. The number of benzene rings is 1. The molecule has 2 rings (SSSR count). The standard InChI is InChI=1S/C14H17FN2O2/c1-9(2)7-11-14(19)17(8-13(18)16-11)12-6-4-3-5-10(12)15/h3-6,9,11H,7-8H2,1-2H3,(H,16,18). The summed E-state index contributed by atoms with van der Waals surface area (Å²) in [5.41, 5.74) is 0.163. The van der Waals surface area contributed by atoms with Crippen molar-refractivity contribution < 1.29 is 14.0 Å². The van der Waals surface area contributed by atoms with Crippen molar-refractivity contribution in [1.82, 2.24) is 5.32 Å². The van der Waals surface area contributed by atoms with Gasteiger partial charge in [-0.05, 0) is 24.5 Å². The summed E-state index contributed by atoms with van der Waals surface area (Å²) >= 11 is 0. The molecule has 1 atom stereocenters. The minimum absolute atomic E-state index is 0.131. The Morgan fingerprint density at radius 2 is 2.05 bits per heavy atom. The number of anilines is 1. The van der Waals surface area contributed by atoms with E-state index in [0.29, 0.717) is 6.42 Å². The van der Waals surface area contributed by atoms with Crippen LogP contribution in [0.1, 0.15) is 20.3 Å². The van der Waals surface area contributed by atoms with Crippen LogP contribution in [0.5, 0.6) is 0 Å². The van der Waals surface area contributed by atoms with Crippen molar-refractivity contribution in [2.45, 2.75) is 26.3 Å². The van der Waals surface area contributed by atoms with Crippen LogP contribution in [0.2, 0.25) is 0 Å². The molecule has 1 aromatic rings. The van der Waals surface area contributed by atoms with Crippen molar-refractivity contribution in [2.75, 3.05) is 11.4 Å². The highest BCUT2D eigenvalue weighted by molar-refractivity contribution is 6.06. The van der Waals surface area contributed by atoms with E-state index in [1.807, 2.05) is 13.8 Å². The zero-order valence-corrected chi connectivity index (χ0v) is 11.0. The fraction of sp³-hybridized carbons (Fsp3) is 0.429. The van der Waals surface area contributed by atoms with Gasteiger partial charge in [0.25, 0.3) is 0 Å². The van der Waals surface area contributed by atoms with Crippen molar-refractivity contribution in [3.8, 4) is 0 Å². The molecule has 19 heavy (non-hydrogen) atoms. The molecule has 5 heteroatoms. The molecule has 1 saturated heterocycles. The van der Waals surface area contributed by atoms with Crippen LogP contribution in [0.15, 0.2) is 24.3 Å². The second-order valence-electron chi connectivity index (χ2n) is 5.13. The highest BCUT2D eigenvalue weighted by atomic mass is 19.1. The van der Waals surface area contributed by atoms with E-state index >= 15 is 0 Å². The fourth-order valence-electron chi connectivity index (χ4n) is 2.22. The third kappa shape index (κ3) is 2.92. The molecular formula is C14H17FN2O2. The molecule has 0 radical (unpaired) electrons. The normalized spacial score (nSPS) is 19.8. The molecule has 2 amide bonds. The van der Waals surface area contributed by atoms with Gasteiger partial charge in [-0.15, -0.1) is 0 Å². The summed E-state index contributed by atoms with van der Waals surface area (Å²) in [7, 11) is 0. The topological polar surface area (TPSA) is 49.4 Å². The number of halogens is 1. The maximum Gasteiger partial charge on any atom is 0.250 e. The van der Waals surface area contributed by atoms with Gasteiger partial charge in [0.2, 0.25) is 11.8 Å². The number of hydrogen-bond acceptors (Lipinski definition) is 2. The lowest BCUT2D eigenvalue weighted by Crippen LogP contribution is -2.58. The third-order valence-electron chi connectivity index (χ3n) is 3.05. The second kappa shape index (κ2) is 5.38. The molecule has 1 N–H and O–H groups in total. The predicted octanol–water partition coefficient (Wildman–Crippen LogP) is 1.70. The molecule has 102 valence electrons. The van der Waals surface area contributed by atoms with E-state index in [9.17, 15) is 14.0 Å². The first-order chi connectivity index (χ1) is 8.99. The Labute approximate surface area is 111 Å². The van der Waals surface area contributed by atoms with Gasteiger partial charge in [0.15, 0.2) is 0 Å². The molecule has 0 spiro atoms. The second-order valence-corrected chi connectivity index (χ2v) is 5.13. The number of carbonyl (C=O) groups is 2. The van der Waals surface area contributed by atoms with Crippen LogP contribution in [0, 0.1) is 11.7 Å². The van der Waals surface area contributed by atoms with Crippen molar-refractivity contribution >= 4 is 17.5 Å². The predicted molar refractivity (Wildman–Crippen MR) is 70.1 cm³/mol. The zero-order chi connectivity index (χ0) is 14.0. The van der Waals surface area contributed by atoms with E-state index in [1.165, 1.54) is 17.0 Å². The van der Waals surface area contributed by atoms with Crippen LogP contribution < -0.4 is 10.2 Å². The van der Waals surface area contributed by atoms with Crippen molar-refractivity contribution in [3.05, 3.63) is 30.1 Å². The minimum atomic E-state index is -0.569. The smallest absolute Gasteiger partial charge is 0.250 e. The van der Waals surface area contributed by atoms with Crippen molar-refractivity contribution in [1.29, 1.82) is 0 Å². The summed E-state index contributed by atoms with van der Waals surface area (Å²) < 4.78 is 13.7. The molecule has 1 fully saturated rings. The quantitative estimate of drug-likeness (QED) is 0.903. The number of amides is 2. The lowest BCUT2D eigenvalue weighted by Gasteiger charge is -2.33. The Bertz CT molecular complexity index is 502. The summed E-state index contributed by atoms with van der Waals surface area (Å²) in [6.07, 6.45) is 0.551. The van der Waals surface area contributed by atoms with Crippen LogP contribution in [0.25, 0.3) is 0 Å². The van der Waals surface area contributed by atoms with E-state index < -0.39 is 11.9 Å². The molecule has 0 bridgehead atoms. The van der Waals surface area contributed by atoms with Crippen molar-refractivity contribution in [2.24, 2.45) is 5.92 Å². The first-order valence-electron chi connectivity index (χ1n) is 6.34. The van der Waals surface area contributed by atoms with Gasteiger partial charge >= 0.3 is 0 Å². The Morgan fingerprint density at radius 1 is 1.37 bits per heavy atom. The van der Waals surface area contributed by atoms with Crippen LogP contribution in [0.4, 0.5) is 10.1 Å². The molecule has 0 aromatic heterocycles. The Hall–Kier alpha value is -1.91. The summed E-state index contributed by atoms with van der Waals surface area (Å²) in [5.74, 6) is -0.726. The van der Waals surface area contributed by atoms with E-state index in [4.69, 9.17) is 0 Å². The molecule has 4 nitrogen and oxygen atoms in total. The molecule has 0 aliphatic carbocycles. The fourth-order valence-corrected chi connectivity index (χ4v) is 2.22. The summed E-state index contributed by atoms with van der Waals surface area (Å²) in [6.45, 7) is 3.82. The maximum atomic E-state index is 13.7. The average Bonchev–Trinajstić information content (AvgIpc) is 2.33. The number of hydrogen-bond donors (Lipinski definition) is 1. The van der Waals surface area contributed by atoms with Crippen LogP contribution >= 0.6 is 0 Å². The lowest BCUT2D eigenvalue weighted by molar-refractivity contribution is -0.131. The molecule has 1 aliphatic rings. The number of para-hydroxylation sites is 1. The number of carbonyl (C=O) groups excluding carboxylic acids is 2. The SMILES string of the molecule is CC(C)CC1NC(=O)CN(c2ccccc2F)C1=O. The lowest BCUT2D eigenvalue weighted by atomic mass is 10.0. The van der Waals surface area contributed by atoms with Gasteiger partial charge < -0.3 is 5.32 Å². The van der Waals surface area contributed by atoms with E-state index in [1.54, 1.807) is 12.1 Å². The highest BCUT2D eigenvalue weighted by Gasteiger charge is 2.34. The van der Waals surface area contributed by atoms with Gasteiger partial charge in [0.05, 0.1) is 5.69 Å². The molecule has 1 heterocycles. The van der Waals surface area contributed by atoms with E-state index in [2.05, 4.69) is 5.32 Å². The molecule has 1 aromatic carbocycles. The van der Waals surface area contributed by atoms with Gasteiger partial charge in [-0.25, -0.2) is 4.39 Å². The summed E-state index contributed by atoms with van der Waals surface area (Å²) in [5, 5.41) is 2.66. The third-order valence-corrected chi connectivity index (χ3v) is 3.05. The zero-order valence-electron chi connectivity index (χ0n) is 11.0. The molecule has 1 unspecified atom stereocenters. The summed E-state index contributed by atoms with van der Waals surface area (Å²) in [6, 6.07) is 5.43. The van der Waals surface area contributed by atoms with Crippen LogP contribution in [0.3, 0.4) is 0 Å². The van der Waals surface area contributed by atoms with Gasteiger partial charge in [-0.3, -0.25) is 14.5 Å². The van der Waals surface area contributed by atoms with Gasteiger partial charge in [0.1, 0.15) is 18.4 Å². The number of nitrogens with one attached hydrogen (secondary N) is 1. The Balaban J connectivity index is 2.27. The number of piperazine rings is 1. The molecular weight excluding hydrogens is 247 g/mol. The minimum Gasteiger partial charge on any atom is -0.343 e. The monoisotopic (exact) mass is 264 g/mol. The Morgan fingerprint density at radius 3 is 2.68 bits per heavy atom.